The molecular weight excluding hydrogens is 280 g/mol. The van der Waals surface area contributed by atoms with Crippen LogP contribution in [0, 0.1) is 0 Å². The van der Waals surface area contributed by atoms with Gasteiger partial charge in [0.05, 0.1) is 6.61 Å². The monoisotopic (exact) mass is 298 g/mol. The van der Waals surface area contributed by atoms with Crippen molar-refractivity contribution in [1.82, 2.24) is 0 Å². The Morgan fingerprint density at radius 3 is 2.55 bits per heavy atom. The van der Waals surface area contributed by atoms with Gasteiger partial charge in [-0.1, -0.05) is 43.3 Å². The van der Waals surface area contributed by atoms with Gasteiger partial charge in [0.2, 0.25) is 0 Å². The topological polar surface area (TPSA) is 44.8 Å². The lowest BCUT2D eigenvalue weighted by Crippen LogP contribution is -2.30. The molecule has 0 bridgehead atoms. The van der Waals surface area contributed by atoms with Crippen LogP contribution in [0.2, 0.25) is 0 Å². The SMILES string of the molecule is CCOC(=O)[C@H]1Oc2ccc([C@@H](C)c3ccccc3)cc2O1. The molecule has 0 spiro atoms. The number of benzene rings is 2. The highest BCUT2D eigenvalue weighted by atomic mass is 16.7. The summed E-state index contributed by atoms with van der Waals surface area (Å²) in [6, 6.07) is 16.0. The van der Waals surface area contributed by atoms with Crippen LogP contribution in [0.1, 0.15) is 30.9 Å². The van der Waals surface area contributed by atoms with Crippen LogP contribution in [0.25, 0.3) is 0 Å². The van der Waals surface area contributed by atoms with E-state index in [-0.39, 0.29) is 5.92 Å². The van der Waals surface area contributed by atoms with E-state index in [9.17, 15) is 4.79 Å². The summed E-state index contributed by atoms with van der Waals surface area (Å²) < 4.78 is 15.9. The summed E-state index contributed by atoms with van der Waals surface area (Å²) in [4.78, 5) is 11.7. The molecule has 2 aromatic carbocycles. The predicted molar refractivity (Wildman–Crippen MR) is 82.1 cm³/mol. The maximum Gasteiger partial charge on any atom is 0.389 e. The molecular formula is C18H18O4. The van der Waals surface area contributed by atoms with E-state index >= 15 is 0 Å². The normalized spacial score (nSPS) is 17.1. The van der Waals surface area contributed by atoms with E-state index < -0.39 is 12.3 Å². The molecule has 0 unspecified atom stereocenters. The van der Waals surface area contributed by atoms with Crippen molar-refractivity contribution < 1.29 is 19.0 Å². The van der Waals surface area contributed by atoms with Crippen LogP contribution >= 0.6 is 0 Å². The Hall–Kier alpha value is -2.49. The largest absolute Gasteiger partial charge is 0.460 e. The summed E-state index contributed by atoms with van der Waals surface area (Å²) in [6.07, 6.45) is -1.00. The maximum atomic E-state index is 11.7. The Kier molecular flexibility index (Phi) is 4.00. The van der Waals surface area contributed by atoms with Gasteiger partial charge in [-0.15, -0.1) is 0 Å². The van der Waals surface area contributed by atoms with E-state index in [4.69, 9.17) is 14.2 Å². The van der Waals surface area contributed by atoms with E-state index in [1.807, 2.05) is 36.4 Å². The number of esters is 1. The summed E-state index contributed by atoms with van der Waals surface area (Å²) in [5, 5.41) is 0. The zero-order valence-corrected chi connectivity index (χ0v) is 12.6. The number of hydrogen-bond acceptors (Lipinski definition) is 4. The van der Waals surface area contributed by atoms with Crippen molar-refractivity contribution in [3.63, 3.8) is 0 Å². The third kappa shape index (κ3) is 2.77. The third-order valence-corrected chi connectivity index (χ3v) is 3.71. The zero-order valence-electron chi connectivity index (χ0n) is 12.6. The molecule has 3 rings (SSSR count). The molecule has 0 fully saturated rings. The van der Waals surface area contributed by atoms with Crippen molar-refractivity contribution in [2.24, 2.45) is 0 Å². The van der Waals surface area contributed by atoms with Crippen LogP contribution < -0.4 is 9.47 Å². The van der Waals surface area contributed by atoms with E-state index in [2.05, 4.69) is 19.1 Å². The van der Waals surface area contributed by atoms with Gasteiger partial charge >= 0.3 is 12.3 Å². The number of carbonyl (C=O) groups excluding carboxylic acids is 1. The smallest absolute Gasteiger partial charge is 0.389 e. The Balaban J connectivity index is 1.79. The van der Waals surface area contributed by atoms with Gasteiger partial charge in [0.25, 0.3) is 0 Å². The second kappa shape index (κ2) is 6.10. The average molecular weight is 298 g/mol. The Morgan fingerprint density at radius 1 is 1.09 bits per heavy atom. The van der Waals surface area contributed by atoms with Gasteiger partial charge in [0.1, 0.15) is 0 Å². The van der Waals surface area contributed by atoms with Gasteiger partial charge in [-0.3, -0.25) is 0 Å². The van der Waals surface area contributed by atoms with E-state index in [1.165, 1.54) is 5.56 Å². The lowest BCUT2D eigenvalue weighted by molar-refractivity contribution is -0.161. The molecule has 0 aromatic heterocycles. The summed E-state index contributed by atoms with van der Waals surface area (Å²) in [6.45, 7) is 4.18. The van der Waals surface area contributed by atoms with Gasteiger partial charge in [-0.25, -0.2) is 4.79 Å². The zero-order chi connectivity index (χ0) is 15.5. The van der Waals surface area contributed by atoms with Gasteiger partial charge in [-0.2, -0.15) is 0 Å². The van der Waals surface area contributed by atoms with Crippen LogP contribution in [-0.4, -0.2) is 18.9 Å². The quantitative estimate of drug-likeness (QED) is 0.810. The van der Waals surface area contributed by atoms with Crippen molar-refractivity contribution in [2.45, 2.75) is 26.1 Å². The first-order valence-electron chi connectivity index (χ1n) is 7.38. The molecule has 4 nitrogen and oxygen atoms in total. The van der Waals surface area contributed by atoms with E-state index in [0.29, 0.717) is 18.1 Å². The molecule has 1 aliphatic heterocycles. The molecule has 0 saturated heterocycles. The lowest BCUT2D eigenvalue weighted by Gasteiger charge is -2.12. The van der Waals surface area contributed by atoms with E-state index in [0.717, 1.165) is 5.56 Å². The van der Waals surface area contributed by atoms with Crippen LogP contribution in [0.4, 0.5) is 0 Å². The summed E-state index contributed by atoms with van der Waals surface area (Å²) >= 11 is 0. The summed E-state index contributed by atoms with van der Waals surface area (Å²) in [5.41, 5.74) is 2.33. The molecule has 1 heterocycles. The number of carbonyl (C=O) groups is 1. The third-order valence-electron chi connectivity index (χ3n) is 3.71. The minimum atomic E-state index is -1.00. The minimum Gasteiger partial charge on any atom is -0.460 e. The maximum absolute atomic E-state index is 11.7. The summed E-state index contributed by atoms with van der Waals surface area (Å²) in [5.74, 6) is 0.883. The van der Waals surface area contributed by atoms with Crippen molar-refractivity contribution >= 4 is 5.97 Å². The number of rotatable bonds is 4. The lowest BCUT2D eigenvalue weighted by atomic mass is 9.93. The Labute approximate surface area is 129 Å². The van der Waals surface area contributed by atoms with Gasteiger partial charge in [-0.05, 0) is 30.2 Å². The van der Waals surface area contributed by atoms with E-state index in [1.54, 1.807) is 6.92 Å². The number of hydrogen-bond donors (Lipinski definition) is 0. The highest BCUT2D eigenvalue weighted by Crippen LogP contribution is 2.38. The standard InChI is InChI=1S/C18H18O4/c1-3-20-17(19)18-21-15-10-9-14(11-16(15)22-18)12(2)13-7-5-4-6-8-13/h4-12,18H,3H2,1-2H3/t12-,18-/m0/s1. The number of ether oxygens (including phenoxy) is 3. The van der Waals surface area contributed by atoms with Crippen molar-refractivity contribution in [3.05, 3.63) is 59.7 Å². The highest BCUT2D eigenvalue weighted by Gasteiger charge is 2.32. The fourth-order valence-electron chi connectivity index (χ4n) is 2.48. The summed E-state index contributed by atoms with van der Waals surface area (Å²) in [7, 11) is 0. The molecule has 1 aliphatic rings. The average Bonchev–Trinajstić information content (AvgIpc) is 2.98. The molecule has 4 heteroatoms. The molecule has 22 heavy (non-hydrogen) atoms. The van der Waals surface area contributed by atoms with Crippen LogP contribution in [0.3, 0.4) is 0 Å². The predicted octanol–water partition coefficient (Wildman–Crippen LogP) is 3.50. The van der Waals surface area contributed by atoms with Crippen LogP contribution in [0.5, 0.6) is 11.5 Å². The van der Waals surface area contributed by atoms with Gasteiger partial charge in [0, 0.05) is 5.92 Å². The first kappa shape index (κ1) is 14.4. The molecule has 0 radical (unpaired) electrons. The minimum absolute atomic E-state index is 0.233. The molecule has 2 atom stereocenters. The Morgan fingerprint density at radius 2 is 1.82 bits per heavy atom. The first-order chi connectivity index (χ1) is 10.7. The van der Waals surface area contributed by atoms with Crippen LogP contribution in [0.15, 0.2) is 48.5 Å². The molecule has 0 saturated carbocycles. The molecule has 2 aromatic rings. The fraction of sp³-hybridized carbons (Fsp3) is 0.278. The number of fused-ring (bicyclic) bond motifs is 1. The Bertz CT molecular complexity index is 666. The molecule has 0 aliphatic carbocycles. The second-order valence-electron chi connectivity index (χ2n) is 5.16. The first-order valence-corrected chi connectivity index (χ1v) is 7.38. The van der Waals surface area contributed by atoms with Crippen LogP contribution in [-0.2, 0) is 9.53 Å². The van der Waals surface area contributed by atoms with Gasteiger partial charge < -0.3 is 14.2 Å². The van der Waals surface area contributed by atoms with Gasteiger partial charge in [0.15, 0.2) is 11.5 Å². The van der Waals surface area contributed by atoms with Crippen molar-refractivity contribution in [1.29, 1.82) is 0 Å². The molecule has 114 valence electrons. The van der Waals surface area contributed by atoms with Crippen molar-refractivity contribution in [2.75, 3.05) is 6.61 Å². The molecule has 0 N–H and O–H groups in total. The highest BCUT2D eigenvalue weighted by molar-refractivity contribution is 5.75. The fourth-order valence-corrected chi connectivity index (χ4v) is 2.48. The van der Waals surface area contributed by atoms with Crippen molar-refractivity contribution in [3.8, 4) is 11.5 Å². The second-order valence-corrected chi connectivity index (χ2v) is 5.16. The molecule has 0 amide bonds.